The predicted octanol–water partition coefficient (Wildman–Crippen LogP) is 5.30. The smallest absolute Gasteiger partial charge is 0.277 e. The van der Waals surface area contributed by atoms with Gasteiger partial charge < -0.3 is 10.8 Å². The molecule has 0 saturated heterocycles. The van der Waals surface area contributed by atoms with Crippen molar-refractivity contribution < 1.29 is 10.0 Å². The number of hydrogen-bond acceptors (Lipinski definition) is 4. The zero-order valence-corrected chi connectivity index (χ0v) is 15.6. The van der Waals surface area contributed by atoms with Gasteiger partial charge in [0.15, 0.2) is 0 Å². The van der Waals surface area contributed by atoms with Crippen molar-refractivity contribution in [2.45, 2.75) is 12.1 Å². The third kappa shape index (κ3) is 4.12. The molecule has 0 heterocycles. The van der Waals surface area contributed by atoms with Crippen LogP contribution in [0.2, 0.25) is 10.0 Å². The van der Waals surface area contributed by atoms with Gasteiger partial charge in [-0.3, -0.25) is 10.1 Å². The standard InChI is InChI=1S/C20H16Cl2N2O3/c21-16-9-7-13(10-17(16)22)19(23)20(25)14-6-8-15(18(11-14)24(26)27)12-4-2-1-3-5-12/h1-11,19-20,25H,23H2. The molecule has 27 heavy (non-hydrogen) atoms. The van der Waals surface area contributed by atoms with Crippen molar-refractivity contribution in [1.29, 1.82) is 0 Å². The number of hydrogen-bond donors (Lipinski definition) is 2. The molecule has 2 atom stereocenters. The summed E-state index contributed by atoms with van der Waals surface area (Å²) in [5.41, 5.74) is 8.16. The molecule has 3 aromatic carbocycles. The van der Waals surface area contributed by atoms with Gasteiger partial charge in [0.05, 0.1) is 32.7 Å². The maximum Gasteiger partial charge on any atom is 0.277 e. The van der Waals surface area contributed by atoms with Crippen LogP contribution in [0.4, 0.5) is 5.69 Å². The first kappa shape index (κ1) is 19.3. The van der Waals surface area contributed by atoms with Gasteiger partial charge >= 0.3 is 0 Å². The van der Waals surface area contributed by atoms with E-state index in [0.29, 0.717) is 26.7 Å². The highest BCUT2D eigenvalue weighted by molar-refractivity contribution is 6.42. The zero-order valence-electron chi connectivity index (χ0n) is 14.0. The molecule has 0 spiro atoms. The van der Waals surface area contributed by atoms with E-state index in [1.54, 1.807) is 42.5 Å². The Morgan fingerprint density at radius 3 is 2.22 bits per heavy atom. The highest BCUT2D eigenvalue weighted by atomic mass is 35.5. The van der Waals surface area contributed by atoms with Gasteiger partial charge in [-0.1, -0.05) is 65.7 Å². The van der Waals surface area contributed by atoms with Crippen molar-refractivity contribution in [1.82, 2.24) is 0 Å². The van der Waals surface area contributed by atoms with Crippen LogP contribution in [0, 0.1) is 10.1 Å². The Balaban J connectivity index is 1.97. The number of nitrogens with zero attached hydrogens (tertiary/aromatic N) is 1. The Hall–Kier alpha value is -2.44. The Morgan fingerprint density at radius 1 is 0.926 bits per heavy atom. The second-order valence-corrected chi connectivity index (χ2v) is 6.86. The molecule has 3 aromatic rings. The second kappa shape index (κ2) is 8.06. The van der Waals surface area contributed by atoms with Crippen LogP contribution in [0.15, 0.2) is 66.7 Å². The minimum atomic E-state index is -1.15. The molecule has 0 aliphatic heterocycles. The summed E-state index contributed by atoms with van der Waals surface area (Å²) in [5, 5.41) is 22.9. The number of nitro benzene ring substituents is 1. The van der Waals surface area contributed by atoms with Crippen molar-refractivity contribution >= 4 is 28.9 Å². The predicted molar refractivity (Wildman–Crippen MR) is 107 cm³/mol. The van der Waals surface area contributed by atoms with Gasteiger partial charge in [-0.15, -0.1) is 0 Å². The van der Waals surface area contributed by atoms with E-state index in [2.05, 4.69) is 0 Å². The topological polar surface area (TPSA) is 89.4 Å². The van der Waals surface area contributed by atoms with E-state index in [-0.39, 0.29) is 5.69 Å². The number of nitro groups is 1. The summed E-state index contributed by atoms with van der Waals surface area (Å²) in [6.45, 7) is 0. The fourth-order valence-electron chi connectivity index (χ4n) is 2.85. The first-order valence-electron chi connectivity index (χ1n) is 8.11. The third-order valence-electron chi connectivity index (χ3n) is 4.31. The Morgan fingerprint density at radius 2 is 1.59 bits per heavy atom. The normalized spacial score (nSPS) is 13.2. The van der Waals surface area contributed by atoms with Gasteiger partial charge in [-0.05, 0) is 34.9 Å². The monoisotopic (exact) mass is 402 g/mol. The first-order valence-corrected chi connectivity index (χ1v) is 8.86. The molecule has 0 bridgehead atoms. The Bertz CT molecular complexity index is 980. The quantitative estimate of drug-likeness (QED) is 0.447. The molecular formula is C20H16Cl2N2O3. The van der Waals surface area contributed by atoms with E-state index in [1.165, 1.54) is 6.07 Å². The molecular weight excluding hydrogens is 387 g/mol. The van der Waals surface area contributed by atoms with E-state index < -0.39 is 17.1 Å². The molecule has 3 N–H and O–H groups in total. The van der Waals surface area contributed by atoms with Crippen molar-refractivity contribution in [3.8, 4) is 11.1 Å². The number of aliphatic hydroxyl groups is 1. The summed E-state index contributed by atoms with van der Waals surface area (Å²) < 4.78 is 0. The van der Waals surface area contributed by atoms with Crippen molar-refractivity contribution in [3.05, 3.63) is 98.0 Å². The van der Waals surface area contributed by atoms with Crippen LogP contribution in [0.1, 0.15) is 23.3 Å². The van der Waals surface area contributed by atoms with Gasteiger partial charge in [0, 0.05) is 6.07 Å². The molecule has 0 aliphatic carbocycles. The molecule has 0 amide bonds. The average Bonchev–Trinajstić information content (AvgIpc) is 2.69. The molecule has 5 nitrogen and oxygen atoms in total. The van der Waals surface area contributed by atoms with Gasteiger partial charge in [0.1, 0.15) is 0 Å². The summed E-state index contributed by atoms with van der Waals surface area (Å²) in [4.78, 5) is 11.1. The highest BCUT2D eigenvalue weighted by Crippen LogP contribution is 2.36. The summed E-state index contributed by atoms with van der Waals surface area (Å²) in [6, 6.07) is 17.6. The molecule has 0 aromatic heterocycles. The third-order valence-corrected chi connectivity index (χ3v) is 5.05. The van der Waals surface area contributed by atoms with Gasteiger partial charge in [0.25, 0.3) is 5.69 Å². The number of rotatable bonds is 5. The molecule has 0 fully saturated rings. The number of nitrogens with two attached hydrogens (primary N) is 1. The van der Waals surface area contributed by atoms with Crippen molar-refractivity contribution in [2.75, 3.05) is 0 Å². The van der Waals surface area contributed by atoms with Crippen LogP contribution < -0.4 is 5.73 Å². The zero-order chi connectivity index (χ0) is 19.6. The van der Waals surface area contributed by atoms with Crippen LogP contribution in [0.3, 0.4) is 0 Å². The van der Waals surface area contributed by atoms with Gasteiger partial charge in [-0.2, -0.15) is 0 Å². The molecule has 0 aliphatic rings. The Labute approximate surface area is 166 Å². The van der Waals surface area contributed by atoms with Crippen LogP contribution in [0.5, 0.6) is 0 Å². The lowest BCUT2D eigenvalue weighted by Crippen LogP contribution is -2.19. The SMILES string of the molecule is NC(c1ccc(Cl)c(Cl)c1)C(O)c1ccc(-c2ccccc2)c([N+](=O)[O-])c1. The maximum absolute atomic E-state index is 11.6. The van der Waals surface area contributed by atoms with Crippen LogP contribution in [-0.4, -0.2) is 10.0 Å². The first-order chi connectivity index (χ1) is 12.9. The largest absolute Gasteiger partial charge is 0.386 e. The lowest BCUT2D eigenvalue weighted by atomic mass is 9.94. The summed E-state index contributed by atoms with van der Waals surface area (Å²) >= 11 is 11.9. The average molecular weight is 403 g/mol. The summed E-state index contributed by atoms with van der Waals surface area (Å²) in [7, 11) is 0. The van der Waals surface area contributed by atoms with E-state index in [4.69, 9.17) is 28.9 Å². The van der Waals surface area contributed by atoms with E-state index in [1.807, 2.05) is 18.2 Å². The molecule has 3 rings (SSSR count). The minimum Gasteiger partial charge on any atom is -0.386 e. The fraction of sp³-hybridized carbons (Fsp3) is 0.100. The fourth-order valence-corrected chi connectivity index (χ4v) is 3.16. The minimum absolute atomic E-state index is 0.0981. The number of aliphatic hydroxyl groups excluding tert-OH is 1. The lowest BCUT2D eigenvalue weighted by Gasteiger charge is -2.20. The van der Waals surface area contributed by atoms with E-state index >= 15 is 0 Å². The molecule has 138 valence electrons. The number of benzene rings is 3. The van der Waals surface area contributed by atoms with Crippen molar-refractivity contribution in [2.24, 2.45) is 5.73 Å². The van der Waals surface area contributed by atoms with Crippen LogP contribution in [-0.2, 0) is 0 Å². The molecule has 0 radical (unpaired) electrons. The van der Waals surface area contributed by atoms with Crippen LogP contribution in [0.25, 0.3) is 11.1 Å². The molecule has 2 unspecified atom stereocenters. The molecule has 7 heteroatoms. The summed E-state index contributed by atoms with van der Waals surface area (Å²) in [6.07, 6.45) is -1.15. The van der Waals surface area contributed by atoms with Gasteiger partial charge in [-0.25, -0.2) is 0 Å². The second-order valence-electron chi connectivity index (χ2n) is 6.04. The summed E-state index contributed by atoms with van der Waals surface area (Å²) in [5.74, 6) is 0. The van der Waals surface area contributed by atoms with Gasteiger partial charge in [0.2, 0.25) is 0 Å². The Kier molecular flexibility index (Phi) is 5.77. The van der Waals surface area contributed by atoms with E-state index in [0.717, 1.165) is 5.56 Å². The van der Waals surface area contributed by atoms with Crippen LogP contribution >= 0.6 is 23.2 Å². The number of halogens is 2. The lowest BCUT2D eigenvalue weighted by molar-refractivity contribution is -0.384. The highest BCUT2D eigenvalue weighted by Gasteiger charge is 2.24. The van der Waals surface area contributed by atoms with E-state index in [9.17, 15) is 15.2 Å². The maximum atomic E-state index is 11.6. The van der Waals surface area contributed by atoms with Crippen molar-refractivity contribution in [3.63, 3.8) is 0 Å². The molecule has 0 saturated carbocycles.